The van der Waals surface area contributed by atoms with E-state index < -0.39 is 0 Å². The van der Waals surface area contributed by atoms with Gasteiger partial charge in [-0.25, -0.2) is 0 Å². The van der Waals surface area contributed by atoms with Crippen LogP contribution in [-0.4, -0.2) is 10.7 Å². The molecule has 0 spiro atoms. The first-order valence-corrected chi connectivity index (χ1v) is 6.81. The van der Waals surface area contributed by atoms with Gasteiger partial charge in [0.2, 0.25) is 0 Å². The first kappa shape index (κ1) is 13.0. The minimum absolute atomic E-state index is 0.318. The van der Waals surface area contributed by atoms with Crippen molar-refractivity contribution in [3.05, 3.63) is 0 Å². The first-order chi connectivity index (χ1) is 7.08. The molecule has 90 valence electrons. The molecule has 1 nitrogen and oxygen atoms in total. The first-order valence-electron chi connectivity index (χ1n) is 6.81. The Kier molecular flexibility index (Phi) is 5.11. The Hall–Kier alpha value is -0.0400. The summed E-state index contributed by atoms with van der Waals surface area (Å²) in [7, 11) is 0. The van der Waals surface area contributed by atoms with Crippen LogP contribution in [-0.2, 0) is 0 Å². The van der Waals surface area contributed by atoms with E-state index in [1.165, 1.54) is 32.1 Å². The highest BCUT2D eigenvalue weighted by molar-refractivity contribution is 4.89. The van der Waals surface area contributed by atoms with Gasteiger partial charge < -0.3 is 5.11 Å². The molecular formula is C14H28O. The van der Waals surface area contributed by atoms with Gasteiger partial charge in [0, 0.05) is 0 Å². The van der Waals surface area contributed by atoms with Gasteiger partial charge in [0.15, 0.2) is 0 Å². The minimum atomic E-state index is -0.318. The predicted octanol–water partition coefficient (Wildman–Crippen LogP) is 4.14. The van der Waals surface area contributed by atoms with Gasteiger partial charge in [-0.1, -0.05) is 52.9 Å². The summed E-state index contributed by atoms with van der Waals surface area (Å²) in [6.45, 7) is 6.76. The second-order valence-electron chi connectivity index (χ2n) is 5.74. The van der Waals surface area contributed by atoms with E-state index in [1.54, 1.807) is 0 Å². The lowest BCUT2D eigenvalue weighted by atomic mass is 9.71. The number of hydrogen-bond donors (Lipinski definition) is 1. The molecule has 1 rings (SSSR count). The van der Waals surface area contributed by atoms with Crippen molar-refractivity contribution in [2.45, 2.75) is 77.7 Å². The van der Waals surface area contributed by atoms with Crippen molar-refractivity contribution in [3.63, 3.8) is 0 Å². The van der Waals surface area contributed by atoms with E-state index in [1.807, 2.05) is 0 Å². The van der Waals surface area contributed by atoms with Crippen LogP contribution in [0.1, 0.15) is 72.1 Å². The summed E-state index contributed by atoms with van der Waals surface area (Å²) < 4.78 is 0. The second-order valence-corrected chi connectivity index (χ2v) is 5.74. The largest absolute Gasteiger partial charge is 0.390 e. The standard InChI is InChI=1S/C14H28O/c1-4-13-9-5-6-10-14(13,15)11-7-8-12(2)3/h12-13,15H,4-11H2,1-3H3. The van der Waals surface area contributed by atoms with Crippen LogP contribution in [0.5, 0.6) is 0 Å². The van der Waals surface area contributed by atoms with Gasteiger partial charge in [-0.15, -0.1) is 0 Å². The van der Waals surface area contributed by atoms with Crippen molar-refractivity contribution in [1.29, 1.82) is 0 Å². The van der Waals surface area contributed by atoms with E-state index in [-0.39, 0.29) is 5.60 Å². The summed E-state index contributed by atoms with van der Waals surface area (Å²) in [4.78, 5) is 0. The average Bonchev–Trinajstić information content (AvgIpc) is 2.17. The SMILES string of the molecule is CCC1CCCCC1(O)CCCC(C)C. The Labute approximate surface area is 95.3 Å². The molecule has 0 radical (unpaired) electrons. The smallest absolute Gasteiger partial charge is 0.0675 e. The highest BCUT2D eigenvalue weighted by atomic mass is 16.3. The summed E-state index contributed by atoms with van der Waals surface area (Å²) in [5.74, 6) is 1.34. The molecule has 1 fully saturated rings. The topological polar surface area (TPSA) is 20.2 Å². The summed E-state index contributed by atoms with van der Waals surface area (Å²) >= 11 is 0. The Morgan fingerprint density at radius 3 is 2.67 bits per heavy atom. The van der Waals surface area contributed by atoms with Crippen LogP contribution in [0.15, 0.2) is 0 Å². The lowest BCUT2D eigenvalue weighted by Crippen LogP contribution is -2.40. The zero-order valence-electron chi connectivity index (χ0n) is 10.8. The molecule has 1 aliphatic carbocycles. The van der Waals surface area contributed by atoms with Gasteiger partial charge in [-0.3, -0.25) is 0 Å². The monoisotopic (exact) mass is 212 g/mol. The van der Waals surface area contributed by atoms with Crippen molar-refractivity contribution in [2.75, 3.05) is 0 Å². The van der Waals surface area contributed by atoms with E-state index in [2.05, 4.69) is 20.8 Å². The number of rotatable bonds is 5. The fourth-order valence-electron chi connectivity index (χ4n) is 3.02. The van der Waals surface area contributed by atoms with Crippen LogP contribution in [0, 0.1) is 11.8 Å². The molecule has 0 aliphatic heterocycles. The Morgan fingerprint density at radius 2 is 2.07 bits per heavy atom. The third-order valence-corrected chi connectivity index (χ3v) is 4.06. The fourth-order valence-corrected chi connectivity index (χ4v) is 3.02. The van der Waals surface area contributed by atoms with Crippen molar-refractivity contribution >= 4 is 0 Å². The molecule has 0 aromatic carbocycles. The summed E-state index contributed by atoms with van der Waals surface area (Å²) in [5.41, 5.74) is -0.318. The maximum Gasteiger partial charge on any atom is 0.0675 e. The van der Waals surface area contributed by atoms with Gasteiger partial charge in [0.05, 0.1) is 5.60 Å². The van der Waals surface area contributed by atoms with Gasteiger partial charge in [-0.05, 0) is 31.1 Å². The quantitative estimate of drug-likeness (QED) is 0.726. The molecule has 2 unspecified atom stereocenters. The second kappa shape index (κ2) is 5.89. The molecule has 0 heterocycles. The Morgan fingerprint density at radius 1 is 1.33 bits per heavy atom. The van der Waals surface area contributed by atoms with E-state index in [0.29, 0.717) is 5.92 Å². The molecule has 15 heavy (non-hydrogen) atoms. The molecule has 2 atom stereocenters. The highest BCUT2D eigenvalue weighted by Crippen LogP contribution is 2.39. The normalized spacial score (nSPS) is 32.2. The minimum Gasteiger partial charge on any atom is -0.390 e. The molecule has 0 bridgehead atoms. The molecule has 1 aliphatic rings. The third kappa shape index (κ3) is 3.79. The summed E-state index contributed by atoms with van der Waals surface area (Å²) in [5, 5.41) is 10.6. The maximum absolute atomic E-state index is 10.6. The average molecular weight is 212 g/mol. The van der Waals surface area contributed by atoms with Gasteiger partial charge in [-0.2, -0.15) is 0 Å². The lowest BCUT2D eigenvalue weighted by Gasteiger charge is -2.40. The van der Waals surface area contributed by atoms with E-state index in [0.717, 1.165) is 25.2 Å². The molecule has 0 aromatic rings. The third-order valence-electron chi connectivity index (χ3n) is 4.06. The number of hydrogen-bond acceptors (Lipinski definition) is 1. The van der Waals surface area contributed by atoms with E-state index in [4.69, 9.17) is 0 Å². The summed E-state index contributed by atoms with van der Waals surface area (Å²) in [6.07, 6.45) is 9.49. The Bertz CT molecular complexity index is 176. The van der Waals surface area contributed by atoms with Crippen LogP contribution in [0.25, 0.3) is 0 Å². The van der Waals surface area contributed by atoms with Crippen LogP contribution < -0.4 is 0 Å². The van der Waals surface area contributed by atoms with Gasteiger partial charge in [0.25, 0.3) is 0 Å². The van der Waals surface area contributed by atoms with Gasteiger partial charge >= 0.3 is 0 Å². The molecular weight excluding hydrogens is 184 g/mol. The van der Waals surface area contributed by atoms with Crippen LogP contribution in [0.3, 0.4) is 0 Å². The molecule has 0 amide bonds. The van der Waals surface area contributed by atoms with Crippen LogP contribution >= 0.6 is 0 Å². The zero-order chi connectivity index (χ0) is 11.3. The van der Waals surface area contributed by atoms with E-state index >= 15 is 0 Å². The van der Waals surface area contributed by atoms with Gasteiger partial charge in [0.1, 0.15) is 0 Å². The molecule has 1 N–H and O–H groups in total. The van der Waals surface area contributed by atoms with Crippen molar-refractivity contribution in [1.82, 2.24) is 0 Å². The predicted molar refractivity (Wildman–Crippen MR) is 65.9 cm³/mol. The van der Waals surface area contributed by atoms with Crippen molar-refractivity contribution < 1.29 is 5.11 Å². The molecule has 0 saturated heterocycles. The fraction of sp³-hybridized carbons (Fsp3) is 1.00. The van der Waals surface area contributed by atoms with E-state index in [9.17, 15) is 5.11 Å². The van der Waals surface area contributed by atoms with Crippen molar-refractivity contribution in [2.24, 2.45) is 11.8 Å². The Balaban J connectivity index is 2.39. The molecule has 1 saturated carbocycles. The van der Waals surface area contributed by atoms with Crippen LogP contribution in [0.4, 0.5) is 0 Å². The molecule has 1 heteroatoms. The molecule has 0 aromatic heterocycles. The number of aliphatic hydroxyl groups is 1. The lowest BCUT2D eigenvalue weighted by molar-refractivity contribution is -0.0582. The zero-order valence-corrected chi connectivity index (χ0v) is 10.8. The highest BCUT2D eigenvalue weighted by Gasteiger charge is 2.36. The van der Waals surface area contributed by atoms with Crippen LogP contribution in [0.2, 0.25) is 0 Å². The van der Waals surface area contributed by atoms with Crippen molar-refractivity contribution in [3.8, 4) is 0 Å². The summed E-state index contributed by atoms with van der Waals surface area (Å²) in [6, 6.07) is 0. The maximum atomic E-state index is 10.6.